The molecule has 17 heavy (non-hydrogen) atoms. The summed E-state index contributed by atoms with van der Waals surface area (Å²) in [5, 5.41) is 1.58. The highest BCUT2D eigenvalue weighted by molar-refractivity contribution is 7.89. The monoisotopic (exact) mass is 259 g/mol. The summed E-state index contributed by atoms with van der Waals surface area (Å²) < 4.78 is 28.9. The van der Waals surface area contributed by atoms with Crippen LogP contribution in [-0.2, 0) is 14.8 Å². The third-order valence-electron chi connectivity index (χ3n) is 2.22. The van der Waals surface area contributed by atoms with Crippen LogP contribution >= 0.6 is 0 Å². The van der Waals surface area contributed by atoms with Gasteiger partial charge in [0.1, 0.15) is 4.90 Å². The minimum atomic E-state index is -3.64. The Bertz CT molecular complexity index is 468. The molecule has 0 aromatic carbocycles. The fraction of sp³-hybridized carbons (Fsp3) is 0.500. The number of rotatable bonds is 3. The van der Waals surface area contributed by atoms with Gasteiger partial charge in [-0.2, -0.15) is 0 Å². The van der Waals surface area contributed by atoms with Gasteiger partial charge in [0.2, 0.25) is 5.95 Å². The minimum Gasteiger partial charge on any atom is -0.379 e. The third-order valence-corrected chi connectivity index (χ3v) is 3.55. The Hall–Kier alpha value is -1.29. The Morgan fingerprint density at radius 1 is 1.29 bits per heavy atom. The van der Waals surface area contributed by atoms with Crippen LogP contribution in [0.4, 0.5) is 5.95 Å². The number of sulfonamides is 1. The number of hydrogen-bond donors (Lipinski definition) is 2. The number of morpholine rings is 1. The lowest BCUT2D eigenvalue weighted by molar-refractivity contribution is 0.0272. The predicted molar refractivity (Wildman–Crippen MR) is 59.2 cm³/mol. The molecule has 1 aromatic rings. The van der Waals surface area contributed by atoms with Crippen LogP contribution in [0.5, 0.6) is 0 Å². The topological polar surface area (TPSA) is 110 Å². The smallest absolute Gasteiger partial charge is 0.256 e. The van der Waals surface area contributed by atoms with E-state index in [0.29, 0.717) is 26.3 Å². The molecule has 0 spiro atoms. The molecule has 2 rings (SSSR count). The number of nitrogens with two attached hydrogens (primary N) is 1. The average Bonchev–Trinajstić information content (AvgIpc) is 2.30. The van der Waals surface area contributed by atoms with Crippen molar-refractivity contribution in [2.24, 2.45) is 0 Å². The van der Waals surface area contributed by atoms with Crippen molar-refractivity contribution in [1.82, 2.24) is 19.8 Å². The second-order valence-electron chi connectivity index (χ2n) is 3.47. The molecule has 0 unspecified atom stereocenters. The van der Waals surface area contributed by atoms with E-state index in [-0.39, 0.29) is 10.8 Å². The number of nitrogen functional groups attached to an aromatic ring is 1. The summed E-state index contributed by atoms with van der Waals surface area (Å²) in [4.78, 5) is 9.71. The van der Waals surface area contributed by atoms with Crippen molar-refractivity contribution in [2.45, 2.75) is 4.90 Å². The first-order valence-corrected chi connectivity index (χ1v) is 6.49. The van der Waals surface area contributed by atoms with E-state index < -0.39 is 10.0 Å². The minimum absolute atomic E-state index is 0.0156. The molecule has 8 nitrogen and oxygen atoms in total. The van der Waals surface area contributed by atoms with Crippen LogP contribution in [0.1, 0.15) is 0 Å². The van der Waals surface area contributed by atoms with Crippen LogP contribution in [0, 0.1) is 0 Å². The zero-order valence-electron chi connectivity index (χ0n) is 9.04. The van der Waals surface area contributed by atoms with Gasteiger partial charge in [-0.05, 0) is 0 Å². The van der Waals surface area contributed by atoms with Crippen LogP contribution in [0.3, 0.4) is 0 Å². The number of nitrogens with one attached hydrogen (secondary N) is 1. The number of hydrogen-bond acceptors (Lipinski definition) is 7. The molecular weight excluding hydrogens is 246 g/mol. The van der Waals surface area contributed by atoms with Gasteiger partial charge in [0.25, 0.3) is 10.0 Å². The lowest BCUT2D eigenvalue weighted by Crippen LogP contribution is -2.48. The molecule has 0 atom stereocenters. The summed E-state index contributed by atoms with van der Waals surface area (Å²) in [6, 6.07) is 0. The lowest BCUT2D eigenvalue weighted by Gasteiger charge is -2.26. The summed E-state index contributed by atoms with van der Waals surface area (Å²) in [6.45, 7) is 2.02. The van der Waals surface area contributed by atoms with Gasteiger partial charge in [-0.15, -0.1) is 4.83 Å². The van der Waals surface area contributed by atoms with Crippen molar-refractivity contribution in [3.8, 4) is 0 Å². The standard InChI is InChI=1S/C8H13N5O3S/c9-8-10-5-7(6-11-8)17(14,15)12-13-1-3-16-4-2-13/h5-6,12H,1-4H2,(H2,9,10,11). The van der Waals surface area contributed by atoms with Crippen LogP contribution in [0.2, 0.25) is 0 Å². The number of aromatic nitrogens is 2. The Balaban J connectivity index is 2.10. The van der Waals surface area contributed by atoms with E-state index in [9.17, 15) is 8.42 Å². The molecule has 1 aromatic heterocycles. The van der Waals surface area contributed by atoms with Crippen molar-refractivity contribution < 1.29 is 13.2 Å². The highest BCUT2D eigenvalue weighted by atomic mass is 32.2. The molecule has 0 radical (unpaired) electrons. The number of hydrazine groups is 1. The van der Waals surface area contributed by atoms with Crippen LogP contribution in [-0.4, -0.2) is 49.7 Å². The van der Waals surface area contributed by atoms with E-state index in [0.717, 1.165) is 0 Å². The second kappa shape index (κ2) is 4.92. The third kappa shape index (κ3) is 3.09. The molecular formula is C8H13N5O3S. The Morgan fingerprint density at radius 3 is 2.47 bits per heavy atom. The van der Waals surface area contributed by atoms with Crippen LogP contribution in [0.25, 0.3) is 0 Å². The van der Waals surface area contributed by atoms with Crippen molar-refractivity contribution in [3.63, 3.8) is 0 Å². The van der Waals surface area contributed by atoms with Crippen molar-refractivity contribution in [1.29, 1.82) is 0 Å². The van der Waals surface area contributed by atoms with Gasteiger partial charge < -0.3 is 10.5 Å². The SMILES string of the molecule is Nc1ncc(S(=O)(=O)NN2CCOCC2)cn1. The summed E-state index contributed by atoms with van der Waals surface area (Å²) in [5.74, 6) is 0.0373. The van der Waals surface area contributed by atoms with Gasteiger partial charge in [-0.25, -0.2) is 23.4 Å². The van der Waals surface area contributed by atoms with Crippen LogP contribution < -0.4 is 10.6 Å². The predicted octanol–water partition coefficient (Wildman–Crippen LogP) is -1.42. The van der Waals surface area contributed by atoms with Crippen molar-refractivity contribution in [3.05, 3.63) is 12.4 Å². The van der Waals surface area contributed by atoms with Crippen LogP contribution in [0.15, 0.2) is 17.3 Å². The first-order valence-electron chi connectivity index (χ1n) is 5.00. The summed E-state index contributed by atoms with van der Waals surface area (Å²) in [5.41, 5.74) is 5.29. The molecule has 1 saturated heterocycles. The maximum Gasteiger partial charge on any atom is 0.256 e. The van der Waals surface area contributed by atoms with E-state index >= 15 is 0 Å². The first kappa shape index (κ1) is 12.2. The Kier molecular flexibility index (Phi) is 3.52. The summed E-state index contributed by atoms with van der Waals surface area (Å²) in [6.07, 6.45) is 2.34. The fourth-order valence-electron chi connectivity index (χ4n) is 1.34. The van der Waals surface area contributed by atoms with E-state index in [1.54, 1.807) is 5.01 Å². The highest BCUT2D eigenvalue weighted by Crippen LogP contribution is 2.07. The number of ether oxygens (including phenoxy) is 1. The van der Waals surface area contributed by atoms with Gasteiger partial charge in [0.05, 0.1) is 25.6 Å². The molecule has 0 saturated carbocycles. The lowest BCUT2D eigenvalue weighted by atomic mass is 10.5. The summed E-state index contributed by atoms with van der Waals surface area (Å²) in [7, 11) is -3.64. The normalized spacial score (nSPS) is 18.1. The maximum absolute atomic E-state index is 11.9. The zero-order chi connectivity index (χ0) is 12.3. The number of anilines is 1. The molecule has 0 amide bonds. The molecule has 94 valence electrons. The number of nitrogens with zero attached hydrogens (tertiary/aromatic N) is 3. The first-order chi connectivity index (χ1) is 8.08. The zero-order valence-corrected chi connectivity index (χ0v) is 9.85. The average molecular weight is 259 g/mol. The quantitative estimate of drug-likeness (QED) is 0.685. The van der Waals surface area contributed by atoms with Gasteiger partial charge in [0, 0.05) is 13.1 Å². The molecule has 0 aliphatic carbocycles. The molecule has 1 aliphatic heterocycles. The van der Waals surface area contributed by atoms with E-state index in [4.69, 9.17) is 10.5 Å². The maximum atomic E-state index is 11.9. The van der Waals surface area contributed by atoms with E-state index in [2.05, 4.69) is 14.8 Å². The molecule has 1 fully saturated rings. The molecule has 9 heteroatoms. The molecule has 1 aliphatic rings. The van der Waals surface area contributed by atoms with Gasteiger partial charge in [0.15, 0.2) is 0 Å². The van der Waals surface area contributed by atoms with Gasteiger partial charge >= 0.3 is 0 Å². The fourth-order valence-corrected chi connectivity index (χ4v) is 2.35. The molecule has 3 N–H and O–H groups in total. The second-order valence-corrected chi connectivity index (χ2v) is 5.13. The largest absolute Gasteiger partial charge is 0.379 e. The van der Waals surface area contributed by atoms with Gasteiger partial charge in [-0.1, -0.05) is 0 Å². The van der Waals surface area contributed by atoms with Crippen molar-refractivity contribution >= 4 is 16.0 Å². The highest BCUT2D eigenvalue weighted by Gasteiger charge is 2.20. The van der Waals surface area contributed by atoms with Crippen molar-refractivity contribution in [2.75, 3.05) is 32.0 Å². The van der Waals surface area contributed by atoms with E-state index in [1.807, 2.05) is 0 Å². The van der Waals surface area contributed by atoms with E-state index in [1.165, 1.54) is 12.4 Å². The Morgan fingerprint density at radius 2 is 1.88 bits per heavy atom. The molecule has 2 heterocycles. The molecule has 0 bridgehead atoms. The van der Waals surface area contributed by atoms with Gasteiger partial charge in [-0.3, -0.25) is 0 Å². The summed E-state index contributed by atoms with van der Waals surface area (Å²) >= 11 is 0. The Labute approximate surface area is 98.8 Å².